The Bertz CT molecular complexity index is 1160. The lowest BCUT2D eigenvalue weighted by atomic mass is 10.1. The minimum atomic E-state index is -1.07. The van der Waals surface area contributed by atoms with E-state index in [0.29, 0.717) is 23.6 Å². The highest BCUT2D eigenvalue weighted by Crippen LogP contribution is 2.19. The zero-order valence-corrected chi connectivity index (χ0v) is 17.3. The van der Waals surface area contributed by atoms with Crippen molar-refractivity contribution >= 4 is 34.4 Å². The number of hydrogen-bond donors (Lipinski definition) is 1. The van der Waals surface area contributed by atoms with E-state index in [1.165, 1.54) is 13.0 Å². The van der Waals surface area contributed by atoms with Crippen molar-refractivity contribution in [2.24, 2.45) is 0 Å². The fraction of sp³-hybridized carbons (Fsp3) is 0.160. The molecule has 0 bridgehead atoms. The Morgan fingerprint density at radius 3 is 2.45 bits per heavy atom. The van der Waals surface area contributed by atoms with Crippen molar-refractivity contribution < 1.29 is 19.1 Å². The van der Waals surface area contributed by atoms with Gasteiger partial charge in [0.25, 0.3) is 5.91 Å². The van der Waals surface area contributed by atoms with E-state index in [2.05, 4.69) is 5.32 Å². The van der Waals surface area contributed by atoms with Gasteiger partial charge in [-0.15, -0.1) is 0 Å². The van der Waals surface area contributed by atoms with Gasteiger partial charge >= 0.3 is 5.97 Å². The van der Waals surface area contributed by atoms with Gasteiger partial charge in [0.1, 0.15) is 17.4 Å². The Hall–Kier alpha value is -4.11. The molecule has 0 aliphatic rings. The molecular formula is C25H22N2O4. The van der Waals surface area contributed by atoms with E-state index in [-0.39, 0.29) is 5.57 Å². The first kappa shape index (κ1) is 21.6. The highest BCUT2D eigenvalue weighted by atomic mass is 16.5. The van der Waals surface area contributed by atoms with Crippen molar-refractivity contribution in [3.05, 3.63) is 77.9 Å². The molecule has 156 valence electrons. The van der Waals surface area contributed by atoms with Crippen LogP contribution in [0, 0.1) is 11.3 Å². The summed E-state index contributed by atoms with van der Waals surface area (Å²) < 4.78 is 10.6. The van der Waals surface area contributed by atoms with Gasteiger partial charge in [-0.2, -0.15) is 5.26 Å². The first-order chi connectivity index (χ1) is 15.0. The van der Waals surface area contributed by atoms with Crippen LogP contribution >= 0.6 is 0 Å². The molecule has 0 saturated heterocycles. The third-order valence-corrected chi connectivity index (χ3v) is 4.51. The molecule has 1 amide bonds. The third-order valence-electron chi connectivity index (χ3n) is 4.51. The van der Waals surface area contributed by atoms with E-state index in [9.17, 15) is 14.9 Å². The van der Waals surface area contributed by atoms with Gasteiger partial charge in [-0.3, -0.25) is 4.79 Å². The number of ether oxygens (including phenoxy) is 2. The minimum absolute atomic E-state index is 0.200. The molecule has 0 spiro atoms. The van der Waals surface area contributed by atoms with Crippen LogP contribution in [-0.2, 0) is 14.3 Å². The topological polar surface area (TPSA) is 88.4 Å². The Morgan fingerprint density at radius 1 is 1.06 bits per heavy atom. The molecule has 31 heavy (non-hydrogen) atoms. The maximum Gasteiger partial charge on any atom is 0.349 e. The molecule has 0 fully saturated rings. The quantitative estimate of drug-likeness (QED) is 0.343. The first-order valence-corrected chi connectivity index (χ1v) is 9.85. The third kappa shape index (κ3) is 5.71. The highest BCUT2D eigenvalue weighted by molar-refractivity contribution is 6.01. The van der Waals surface area contributed by atoms with Crippen molar-refractivity contribution in [3.63, 3.8) is 0 Å². The minimum Gasteiger partial charge on any atom is -0.494 e. The average Bonchev–Trinajstić information content (AvgIpc) is 2.78. The summed E-state index contributed by atoms with van der Waals surface area (Å²) in [5.41, 5.74) is 1.04. The molecule has 0 saturated carbocycles. The number of carbonyl (C=O) groups is 2. The van der Waals surface area contributed by atoms with Crippen molar-refractivity contribution in [2.75, 3.05) is 11.9 Å². The molecule has 1 atom stereocenters. The summed E-state index contributed by atoms with van der Waals surface area (Å²) in [5.74, 6) is -0.653. The number of esters is 1. The average molecular weight is 414 g/mol. The lowest BCUT2D eigenvalue weighted by Crippen LogP contribution is -2.30. The second kappa shape index (κ2) is 10.1. The van der Waals surface area contributed by atoms with E-state index in [1.54, 1.807) is 30.3 Å². The predicted octanol–water partition coefficient (Wildman–Crippen LogP) is 4.72. The highest BCUT2D eigenvalue weighted by Gasteiger charge is 2.20. The molecule has 6 nitrogen and oxygen atoms in total. The monoisotopic (exact) mass is 414 g/mol. The number of nitrogens with zero attached hydrogens (tertiary/aromatic N) is 1. The van der Waals surface area contributed by atoms with Gasteiger partial charge in [-0.05, 0) is 60.5 Å². The van der Waals surface area contributed by atoms with Gasteiger partial charge in [0.05, 0.1) is 6.61 Å². The van der Waals surface area contributed by atoms with Crippen LogP contribution in [0.4, 0.5) is 5.69 Å². The van der Waals surface area contributed by atoms with Crippen LogP contribution in [-0.4, -0.2) is 24.6 Å². The second-order valence-electron chi connectivity index (χ2n) is 6.77. The summed E-state index contributed by atoms with van der Waals surface area (Å²) in [4.78, 5) is 24.8. The number of anilines is 1. The Kier molecular flexibility index (Phi) is 7.02. The van der Waals surface area contributed by atoms with Crippen molar-refractivity contribution in [2.45, 2.75) is 20.0 Å². The first-order valence-electron chi connectivity index (χ1n) is 9.85. The number of nitrogens with one attached hydrogen (secondary N) is 1. The molecule has 3 rings (SSSR count). The molecule has 0 radical (unpaired) electrons. The number of amides is 1. The van der Waals surface area contributed by atoms with Crippen LogP contribution in [0.5, 0.6) is 5.75 Å². The number of benzene rings is 3. The predicted molar refractivity (Wildman–Crippen MR) is 119 cm³/mol. The van der Waals surface area contributed by atoms with Crippen LogP contribution in [0.25, 0.3) is 16.8 Å². The van der Waals surface area contributed by atoms with Gasteiger partial charge in [0, 0.05) is 5.69 Å². The lowest BCUT2D eigenvalue weighted by Gasteiger charge is -2.13. The summed E-state index contributed by atoms with van der Waals surface area (Å²) in [7, 11) is 0. The smallest absolute Gasteiger partial charge is 0.349 e. The fourth-order valence-electron chi connectivity index (χ4n) is 2.92. The molecule has 0 heterocycles. The van der Waals surface area contributed by atoms with E-state index in [1.807, 2.05) is 49.4 Å². The maximum atomic E-state index is 12.4. The zero-order valence-electron chi connectivity index (χ0n) is 17.3. The second-order valence-corrected chi connectivity index (χ2v) is 6.77. The van der Waals surface area contributed by atoms with Gasteiger partial charge < -0.3 is 14.8 Å². The van der Waals surface area contributed by atoms with Crippen LogP contribution in [0.1, 0.15) is 19.4 Å². The van der Waals surface area contributed by atoms with E-state index in [4.69, 9.17) is 9.47 Å². The number of hydrogen-bond acceptors (Lipinski definition) is 5. The van der Waals surface area contributed by atoms with Crippen molar-refractivity contribution in [1.82, 2.24) is 0 Å². The summed E-state index contributed by atoms with van der Waals surface area (Å²) in [6, 6.07) is 22.1. The fourth-order valence-corrected chi connectivity index (χ4v) is 2.92. The largest absolute Gasteiger partial charge is 0.494 e. The number of nitriles is 1. The van der Waals surface area contributed by atoms with Crippen LogP contribution in [0.2, 0.25) is 0 Å². The van der Waals surface area contributed by atoms with Crippen molar-refractivity contribution in [3.8, 4) is 11.8 Å². The van der Waals surface area contributed by atoms with Crippen molar-refractivity contribution in [1.29, 1.82) is 5.26 Å². The molecular weight excluding hydrogens is 392 g/mol. The standard InChI is InChI=1S/C25H22N2O4/c1-3-30-23-12-8-18(9-13-23)14-21(16-26)25(29)31-17(2)24(28)27-22-11-10-19-6-4-5-7-20(19)15-22/h4-15,17H,3H2,1-2H3,(H,27,28)/b21-14+/t17-/m0/s1. The molecule has 0 aliphatic carbocycles. The van der Waals surface area contributed by atoms with Gasteiger partial charge in [0.2, 0.25) is 0 Å². The Balaban J connectivity index is 1.64. The summed E-state index contributed by atoms with van der Waals surface area (Å²) in [5, 5.41) is 14.1. The SMILES string of the molecule is CCOc1ccc(/C=C(\C#N)C(=O)O[C@@H](C)C(=O)Nc2ccc3ccccc3c2)cc1. The molecule has 3 aromatic carbocycles. The van der Waals surface area contributed by atoms with E-state index >= 15 is 0 Å². The van der Waals surface area contributed by atoms with Gasteiger partial charge in [-0.25, -0.2) is 4.79 Å². The van der Waals surface area contributed by atoms with Crippen LogP contribution in [0.3, 0.4) is 0 Å². The maximum absolute atomic E-state index is 12.4. The van der Waals surface area contributed by atoms with E-state index < -0.39 is 18.0 Å². The molecule has 0 aromatic heterocycles. The molecule has 3 aromatic rings. The van der Waals surface area contributed by atoms with E-state index in [0.717, 1.165) is 10.8 Å². The summed E-state index contributed by atoms with van der Waals surface area (Å²) >= 11 is 0. The lowest BCUT2D eigenvalue weighted by molar-refractivity contribution is -0.148. The summed E-state index contributed by atoms with van der Waals surface area (Å²) in [6.07, 6.45) is 0.336. The molecule has 0 unspecified atom stereocenters. The number of carbonyl (C=O) groups excluding carboxylic acids is 2. The Morgan fingerprint density at radius 2 is 1.77 bits per heavy atom. The number of fused-ring (bicyclic) bond motifs is 1. The summed E-state index contributed by atoms with van der Waals surface area (Å²) in [6.45, 7) is 3.89. The molecule has 0 aliphatic heterocycles. The molecule has 1 N–H and O–H groups in total. The number of rotatable bonds is 7. The van der Waals surface area contributed by atoms with Crippen LogP contribution in [0.15, 0.2) is 72.3 Å². The zero-order chi connectivity index (χ0) is 22.2. The van der Waals surface area contributed by atoms with Gasteiger partial charge in [0.15, 0.2) is 6.10 Å². The normalized spacial score (nSPS) is 12.0. The Labute approximate surface area is 180 Å². The van der Waals surface area contributed by atoms with Gasteiger partial charge in [-0.1, -0.05) is 42.5 Å². The van der Waals surface area contributed by atoms with Crippen LogP contribution < -0.4 is 10.1 Å². The molecule has 6 heteroatoms.